The van der Waals surface area contributed by atoms with Crippen LogP contribution in [-0.4, -0.2) is 22.3 Å². The number of hydrogen-bond donors (Lipinski definition) is 1. The monoisotopic (exact) mass is 347 g/mol. The number of nitrogen functional groups attached to an aromatic ring is 1. The Morgan fingerprint density at radius 2 is 2.10 bits per heavy atom. The van der Waals surface area contributed by atoms with Crippen LogP contribution < -0.4 is 5.73 Å². The molecule has 0 saturated carbocycles. The van der Waals surface area contributed by atoms with E-state index in [9.17, 15) is 4.79 Å². The predicted molar refractivity (Wildman–Crippen MR) is 87.9 cm³/mol. The van der Waals surface area contributed by atoms with Crippen molar-refractivity contribution in [2.24, 2.45) is 0 Å². The lowest BCUT2D eigenvalue weighted by Gasteiger charge is -2.21. The molecule has 0 radical (unpaired) electrons. The number of carbonyl (C=O) groups excluding carboxylic acids is 1. The molecule has 0 aliphatic rings. The van der Waals surface area contributed by atoms with Crippen LogP contribution in [0.3, 0.4) is 0 Å². The van der Waals surface area contributed by atoms with Crippen LogP contribution >= 0.6 is 15.9 Å². The molecule has 2 aromatic rings. The van der Waals surface area contributed by atoms with Gasteiger partial charge in [-0.05, 0) is 44.2 Å². The summed E-state index contributed by atoms with van der Waals surface area (Å²) in [6.45, 7) is 4.96. The molecule has 5 heteroatoms. The third-order valence-corrected chi connectivity index (χ3v) is 3.71. The Bertz CT molecular complexity index is 658. The SMILES string of the molecule is CCN(Cc1cccc(C)n1)C(=O)c1cc(Br)ccc1N. The summed E-state index contributed by atoms with van der Waals surface area (Å²) < 4.78 is 0.838. The highest BCUT2D eigenvalue weighted by Crippen LogP contribution is 2.20. The van der Waals surface area contributed by atoms with Gasteiger partial charge in [0, 0.05) is 22.4 Å². The molecule has 2 N–H and O–H groups in total. The van der Waals surface area contributed by atoms with Crippen LogP contribution in [0.15, 0.2) is 40.9 Å². The maximum atomic E-state index is 12.6. The number of anilines is 1. The van der Waals surface area contributed by atoms with Crippen molar-refractivity contribution < 1.29 is 4.79 Å². The topological polar surface area (TPSA) is 59.2 Å². The molecule has 0 aliphatic carbocycles. The van der Waals surface area contributed by atoms with Gasteiger partial charge in [-0.3, -0.25) is 9.78 Å². The molecule has 0 spiro atoms. The third-order valence-electron chi connectivity index (χ3n) is 3.21. The Hall–Kier alpha value is -1.88. The normalized spacial score (nSPS) is 10.4. The van der Waals surface area contributed by atoms with Gasteiger partial charge in [-0.15, -0.1) is 0 Å². The Labute approximate surface area is 133 Å². The number of aromatic nitrogens is 1. The van der Waals surface area contributed by atoms with E-state index in [4.69, 9.17) is 5.73 Å². The zero-order valence-corrected chi connectivity index (χ0v) is 13.7. The average molecular weight is 348 g/mol. The van der Waals surface area contributed by atoms with E-state index in [0.717, 1.165) is 15.9 Å². The lowest BCUT2D eigenvalue weighted by molar-refractivity contribution is 0.0751. The van der Waals surface area contributed by atoms with Crippen molar-refractivity contribution in [3.05, 3.63) is 57.8 Å². The summed E-state index contributed by atoms with van der Waals surface area (Å²) in [5.41, 5.74) is 8.73. The molecule has 1 aromatic carbocycles. The molecule has 2 rings (SSSR count). The van der Waals surface area contributed by atoms with E-state index in [1.54, 1.807) is 17.0 Å². The zero-order chi connectivity index (χ0) is 15.4. The molecule has 1 heterocycles. The zero-order valence-electron chi connectivity index (χ0n) is 12.1. The summed E-state index contributed by atoms with van der Waals surface area (Å²) >= 11 is 3.37. The van der Waals surface area contributed by atoms with Gasteiger partial charge in [-0.1, -0.05) is 22.0 Å². The first kappa shape index (κ1) is 15.5. The van der Waals surface area contributed by atoms with Crippen LogP contribution in [0.4, 0.5) is 5.69 Å². The fourth-order valence-corrected chi connectivity index (χ4v) is 2.46. The van der Waals surface area contributed by atoms with Gasteiger partial charge in [0.25, 0.3) is 5.91 Å². The van der Waals surface area contributed by atoms with Crippen molar-refractivity contribution in [1.82, 2.24) is 9.88 Å². The van der Waals surface area contributed by atoms with E-state index in [-0.39, 0.29) is 5.91 Å². The number of aryl methyl sites for hydroxylation is 1. The number of nitrogens with zero attached hydrogens (tertiary/aromatic N) is 2. The second-order valence-electron chi connectivity index (χ2n) is 4.82. The minimum absolute atomic E-state index is 0.0837. The van der Waals surface area contributed by atoms with Crippen molar-refractivity contribution in [3.8, 4) is 0 Å². The van der Waals surface area contributed by atoms with Crippen LogP contribution in [-0.2, 0) is 6.54 Å². The standard InChI is InChI=1S/C16H18BrN3O/c1-3-20(10-13-6-4-5-11(2)19-13)16(21)14-9-12(17)7-8-15(14)18/h4-9H,3,10,18H2,1-2H3. The van der Waals surface area contributed by atoms with Crippen molar-refractivity contribution in [1.29, 1.82) is 0 Å². The summed E-state index contributed by atoms with van der Waals surface area (Å²) in [5.74, 6) is -0.0837. The number of nitrogens with two attached hydrogens (primary N) is 1. The fraction of sp³-hybridized carbons (Fsp3) is 0.250. The molecule has 1 amide bonds. The molecular formula is C16H18BrN3O. The Morgan fingerprint density at radius 3 is 2.76 bits per heavy atom. The maximum Gasteiger partial charge on any atom is 0.256 e. The van der Waals surface area contributed by atoms with Gasteiger partial charge in [0.15, 0.2) is 0 Å². The number of carbonyl (C=O) groups is 1. The van der Waals surface area contributed by atoms with E-state index in [1.165, 1.54) is 0 Å². The summed E-state index contributed by atoms with van der Waals surface area (Å²) in [4.78, 5) is 18.8. The molecule has 0 atom stereocenters. The van der Waals surface area contributed by atoms with E-state index >= 15 is 0 Å². The van der Waals surface area contributed by atoms with Crippen molar-refractivity contribution in [2.75, 3.05) is 12.3 Å². The Morgan fingerprint density at radius 1 is 1.33 bits per heavy atom. The van der Waals surface area contributed by atoms with E-state index in [1.807, 2.05) is 38.1 Å². The first-order chi connectivity index (χ1) is 10.0. The van der Waals surface area contributed by atoms with Crippen LogP contribution in [0.5, 0.6) is 0 Å². The van der Waals surface area contributed by atoms with Crippen LogP contribution in [0.1, 0.15) is 28.7 Å². The minimum atomic E-state index is -0.0837. The molecule has 0 bridgehead atoms. The molecule has 0 aliphatic heterocycles. The number of benzene rings is 1. The highest BCUT2D eigenvalue weighted by atomic mass is 79.9. The van der Waals surface area contributed by atoms with E-state index in [2.05, 4.69) is 20.9 Å². The van der Waals surface area contributed by atoms with Crippen LogP contribution in [0.25, 0.3) is 0 Å². The van der Waals surface area contributed by atoms with Gasteiger partial charge in [0.2, 0.25) is 0 Å². The lowest BCUT2D eigenvalue weighted by atomic mass is 10.1. The average Bonchev–Trinajstić information content (AvgIpc) is 2.46. The summed E-state index contributed by atoms with van der Waals surface area (Å²) in [6, 6.07) is 11.1. The first-order valence-electron chi connectivity index (χ1n) is 6.78. The maximum absolute atomic E-state index is 12.6. The lowest BCUT2D eigenvalue weighted by Crippen LogP contribution is -2.31. The van der Waals surface area contributed by atoms with Gasteiger partial charge in [-0.2, -0.15) is 0 Å². The molecule has 0 fully saturated rings. The summed E-state index contributed by atoms with van der Waals surface area (Å²) in [5, 5.41) is 0. The molecule has 21 heavy (non-hydrogen) atoms. The Kier molecular flexibility index (Phi) is 4.96. The van der Waals surface area contributed by atoms with Gasteiger partial charge in [-0.25, -0.2) is 0 Å². The number of halogens is 1. The molecule has 0 saturated heterocycles. The highest BCUT2D eigenvalue weighted by molar-refractivity contribution is 9.10. The molecule has 1 aromatic heterocycles. The summed E-state index contributed by atoms with van der Waals surface area (Å²) in [7, 11) is 0. The van der Waals surface area contributed by atoms with E-state index in [0.29, 0.717) is 24.3 Å². The van der Waals surface area contributed by atoms with Gasteiger partial charge < -0.3 is 10.6 Å². The molecule has 4 nitrogen and oxygen atoms in total. The number of pyridine rings is 1. The minimum Gasteiger partial charge on any atom is -0.398 e. The molecule has 0 unspecified atom stereocenters. The first-order valence-corrected chi connectivity index (χ1v) is 7.57. The van der Waals surface area contributed by atoms with Gasteiger partial charge >= 0.3 is 0 Å². The van der Waals surface area contributed by atoms with Crippen molar-refractivity contribution in [2.45, 2.75) is 20.4 Å². The quantitative estimate of drug-likeness (QED) is 0.862. The smallest absolute Gasteiger partial charge is 0.256 e. The largest absolute Gasteiger partial charge is 0.398 e. The van der Waals surface area contributed by atoms with Gasteiger partial charge in [0.1, 0.15) is 0 Å². The number of amides is 1. The number of hydrogen-bond acceptors (Lipinski definition) is 3. The molecular weight excluding hydrogens is 330 g/mol. The fourth-order valence-electron chi connectivity index (χ4n) is 2.09. The molecule has 110 valence electrons. The van der Waals surface area contributed by atoms with Crippen molar-refractivity contribution in [3.63, 3.8) is 0 Å². The highest BCUT2D eigenvalue weighted by Gasteiger charge is 2.18. The Balaban J connectivity index is 2.24. The summed E-state index contributed by atoms with van der Waals surface area (Å²) in [6.07, 6.45) is 0. The van der Waals surface area contributed by atoms with Crippen LogP contribution in [0.2, 0.25) is 0 Å². The van der Waals surface area contributed by atoms with Crippen molar-refractivity contribution >= 4 is 27.5 Å². The second-order valence-corrected chi connectivity index (χ2v) is 5.74. The van der Waals surface area contributed by atoms with E-state index < -0.39 is 0 Å². The van der Waals surface area contributed by atoms with Crippen LogP contribution in [0, 0.1) is 6.92 Å². The predicted octanol–water partition coefficient (Wildman–Crippen LogP) is 3.40. The van der Waals surface area contributed by atoms with Gasteiger partial charge in [0.05, 0.1) is 17.8 Å². The number of rotatable bonds is 4. The third kappa shape index (κ3) is 3.82. The second kappa shape index (κ2) is 6.72.